The van der Waals surface area contributed by atoms with Crippen molar-refractivity contribution in [1.82, 2.24) is 40.4 Å². The summed E-state index contributed by atoms with van der Waals surface area (Å²) in [5.41, 5.74) is 8.44. The number of carbonyl (C=O) groups is 2. The summed E-state index contributed by atoms with van der Waals surface area (Å²) >= 11 is 1.60. The number of aromatic hydroxyl groups is 1. The van der Waals surface area contributed by atoms with Gasteiger partial charge in [0.05, 0.1) is 45.3 Å². The average Bonchev–Trinajstić information content (AvgIpc) is 4.06. The zero-order valence-electron chi connectivity index (χ0n) is 37.1. The summed E-state index contributed by atoms with van der Waals surface area (Å²) in [4.78, 5) is 42.5. The molecule has 16 heteroatoms. The Morgan fingerprint density at radius 1 is 0.969 bits per heavy atom. The lowest BCUT2D eigenvalue weighted by molar-refractivity contribution is -0.141. The van der Waals surface area contributed by atoms with Crippen molar-refractivity contribution in [2.24, 2.45) is 5.92 Å². The van der Waals surface area contributed by atoms with E-state index in [4.69, 9.17) is 9.26 Å². The van der Waals surface area contributed by atoms with E-state index in [0.717, 1.165) is 98.0 Å². The largest absolute Gasteiger partial charge is 0.507 e. The molecule has 0 bridgehead atoms. The fraction of sp³-hybridized carbons (Fsp3) is 0.500. The Morgan fingerprint density at radius 3 is 2.52 bits per heavy atom. The smallest absolute Gasteiger partial charge is 0.254 e. The summed E-state index contributed by atoms with van der Waals surface area (Å²) in [6.07, 6.45) is 3.51. The Morgan fingerprint density at radius 2 is 1.77 bits per heavy atom. The molecule has 9 rings (SSSR count). The molecule has 3 saturated heterocycles. The first-order valence-electron chi connectivity index (χ1n) is 22.8. The number of carbonyl (C=O) groups excluding carboxylic acids is 2. The molecule has 3 aromatic heterocycles. The van der Waals surface area contributed by atoms with E-state index in [2.05, 4.69) is 46.4 Å². The molecule has 4 aliphatic rings. The fourth-order valence-corrected chi connectivity index (χ4v) is 10.9. The van der Waals surface area contributed by atoms with Crippen molar-refractivity contribution < 1.29 is 29.1 Å². The highest BCUT2D eigenvalue weighted by molar-refractivity contribution is 7.13. The van der Waals surface area contributed by atoms with E-state index in [-0.39, 0.29) is 42.5 Å². The number of nitrogens with one attached hydrogen (secondary N) is 1. The maximum atomic E-state index is 14.2. The summed E-state index contributed by atoms with van der Waals surface area (Å²) in [6, 6.07) is 19.0. The van der Waals surface area contributed by atoms with Crippen LogP contribution in [-0.4, -0.2) is 134 Å². The summed E-state index contributed by atoms with van der Waals surface area (Å²) < 4.78 is 11.8. The number of phenols is 1. The molecule has 338 valence electrons. The molecular formula is C48H59N9O6S. The van der Waals surface area contributed by atoms with Crippen LogP contribution in [0.4, 0.5) is 5.69 Å². The molecule has 5 atom stereocenters. The second kappa shape index (κ2) is 19.0. The Bertz CT molecular complexity index is 2420. The number of thiazole rings is 1. The maximum Gasteiger partial charge on any atom is 0.254 e. The molecule has 2 amide bonds. The number of benzene rings is 2. The number of para-hydroxylation sites is 1. The fourth-order valence-electron chi connectivity index (χ4n) is 10.1. The number of β-amino-alcohol motifs (C(OH)–C–C–N with tert-alkyl or cyclic N) is 1. The van der Waals surface area contributed by atoms with Crippen molar-refractivity contribution in [2.45, 2.75) is 96.0 Å². The first-order chi connectivity index (χ1) is 31.0. The summed E-state index contributed by atoms with van der Waals surface area (Å²) in [5.74, 6) is -0.524. The van der Waals surface area contributed by atoms with Crippen molar-refractivity contribution in [3.05, 3.63) is 88.9 Å². The number of aliphatic hydroxyl groups excluding tert-OH is 1. The van der Waals surface area contributed by atoms with Gasteiger partial charge in [-0.15, -0.1) is 16.4 Å². The molecule has 7 heterocycles. The van der Waals surface area contributed by atoms with Crippen molar-refractivity contribution >= 4 is 28.8 Å². The number of hydrogen-bond donors (Lipinski definition) is 3. The highest BCUT2D eigenvalue weighted by atomic mass is 32.1. The molecule has 0 aliphatic carbocycles. The van der Waals surface area contributed by atoms with E-state index in [9.17, 15) is 19.8 Å². The maximum absolute atomic E-state index is 14.2. The van der Waals surface area contributed by atoms with Crippen LogP contribution in [-0.2, 0) is 16.0 Å². The number of anilines is 1. The topological polar surface area (TPSA) is 174 Å². The lowest BCUT2D eigenvalue weighted by Gasteiger charge is -2.49. The van der Waals surface area contributed by atoms with E-state index in [1.165, 1.54) is 4.90 Å². The monoisotopic (exact) mass is 889 g/mol. The van der Waals surface area contributed by atoms with Crippen LogP contribution in [0.3, 0.4) is 0 Å². The Balaban J connectivity index is 0.742. The van der Waals surface area contributed by atoms with Crippen molar-refractivity contribution in [3.8, 4) is 33.3 Å². The predicted octanol–water partition coefficient (Wildman–Crippen LogP) is 5.83. The average molecular weight is 890 g/mol. The van der Waals surface area contributed by atoms with E-state index in [1.807, 2.05) is 75.7 Å². The van der Waals surface area contributed by atoms with Gasteiger partial charge in [-0.3, -0.25) is 19.4 Å². The Kier molecular flexibility index (Phi) is 13.0. The zero-order valence-corrected chi connectivity index (χ0v) is 37.9. The SMILES string of the molecule is Cc1ncsc1-c1ccc([C@H](C)NC(=O)[C@@H]2C[C@@H](O)CN2C(=O)[C@@H](c2cc(OCCN3CCC(N4CCN5c6cc(-c7ccccc7O)nnc6CC[C@@H]5C4)CC3)no2)C(C)C)cc1. The van der Waals surface area contributed by atoms with Crippen molar-refractivity contribution in [1.29, 1.82) is 0 Å². The second-order valence-electron chi connectivity index (χ2n) is 18.2. The van der Waals surface area contributed by atoms with Gasteiger partial charge in [-0.25, -0.2) is 4.98 Å². The molecule has 0 saturated carbocycles. The summed E-state index contributed by atoms with van der Waals surface area (Å²) in [7, 11) is 0. The van der Waals surface area contributed by atoms with Gasteiger partial charge >= 0.3 is 0 Å². The van der Waals surface area contributed by atoms with Gasteiger partial charge in [-0.2, -0.15) is 5.10 Å². The number of ether oxygens (including phenoxy) is 1. The first kappa shape index (κ1) is 43.8. The number of nitrogens with zero attached hydrogens (tertiary/aromatic N) is 8. The standard InChI is InChI=1S/C48H59N9O6S/c1-29(2)45(48(61)57-27-36(58)23-41(57)47(60)50-30(3)32-9-11-33(12-10-32)46-31(4)49-28-64-46)43-25-44(53-63-43)62-22-21-54-17-15-34(16-18-54)55-19-20-56-35(26-55)13-14-38-40(56)24-39(52-51-38)37-7-5-6-8-42(37)59/h5-12,24-25,28-30,34-36,41,45,58-59H,13-23,26-27H2,1-4H3,(H,50,60)/t30-,35+,36+,41-,45+/m0/s1. The van der Waals surface area contributed by atoms with E-state index < -0.39 is 18.1 Å². The van der Waals surface area contributed by atoms with Gasteiger partial charge in [0.25, 0.3) is 5.88 Å². The molecule has 64 heavy (non-hydrogen) atoms. The first-order valence-corrected chi connectivity index (χ1v) is 23.7. The summed E-state index contributed by atoms with van der Waals surface area (Å²) in [5, 5.41) is 37.4. The van der Waals surface area contributed by atoms with E-state index in [0.29, 0.717) is 41.6 Å². The zero-order chi connectivity index (χ0) is 44.5. The van der Waals surface area contributed by atoms with Gasteiger partial charge in [0, 0.05) is 62.9 Å². The third-order valence-electron chi connectivity index (χ3n) is 13.7. The third kappa shape index (κ3) is 9.23. The number of rotatable bonds is 13. The molecule has 4 aliphatic heterocycles. The number of hydrogen-bond acceptors (Lipinski definition) is 14. The molecule has 0 spiro atoms. The van der Waals surface area contributed by atoms with Gasteiger partial charge in [-0.05, 0) is 93.0 Å². The third-order valence-corrected chi connectivity index (χ3v) is 14.7. The molecule has 15 nitrogen and oxygen atoms in total. The number of aryl methyl sites for hydroxylation is 2. The predicted molar refractivity (Wildman–Crippen MR) is 244 cm³/mol. The number of phenolic OH excluding ortho intramolecular Hbond substituents is 1. The summed E-state index contributed by atoms with van der Waals surface area (Å²) in [6.45, 7) is 14.0. The molecule has 3 N–H and O–H groups in total. The van der Waals surface area contributed by atoms with Gasteiger partial charge in [0.15, 0.2) is 5.76 Å². The number of fused-ring (bicyclic) bond motifs is 3. The van der Waals surface area contributed by atoms with Crippen LogP contribution in [0.1, 0.15) is 81.1 Å². The lowest BCUT2D eigenvalue weighted by atomic mass is 9.91. The number of aliphatic hydroxyl groups is 1. The minimum atomic E-state index is -0.816. The number of piperidine rings is 1. The lowest BCUT2D eigenvalue weighted by Crippen LogP contribution is -2.59. The van der Waals surface area contributed by atoms with Crippen LogP contribution in [0.25, 0.3) is 21.7 Å². The molecule has 3 fully saturated rings. The van der Waals surface area contributed by atoms with Gasteiger partial charge in [0.2, 0.25) is 11.8 Å². The van der Waals surface area contributed by atoms with Crippen LogP contribution in [0.15, 0.2) is 70.7 Å². The van der Waals surface area contributed by atoms with Crippen LogP contribution in [0.5, 0.6) is 11.6 Å². The van der Waals surface area contributed by atoms with Crippen LogP contribution >= 0.6 is 11.3 Å². The van der Waals surface area contributed by atoms with E-state index >= 15 is 0 Å². The van der Waals surface area contributed by atoms with Crippen LogP contribution in [0.2, 0.25) is 0 Å². The van der Waals surface area contributed by atoms with Crippen LogP contribution < -0.4 is 15.0 Å². The minimum Gasteiger partial charge on any atom is -0.507 e. The molecule has 0 unspecified atom stereocenters. The Labute approximate surface area is 378 Å². The van der Waals surface area contributed by atoms with Crippen molar-refractivity contribution in [2.75, 3.05) is 57.3 Å². The molecular weight excluding hydrogens is 831 g/mol. The van der Waals surface area contributed by atoms with Gasteiger partial charge in [0.1, 0.15) is 24.3 Å². The highest BCUT2D eigenvalue weighted by Gasteiger charge is 2.44. The van der Waals surface area contributed by atoms with Crippen molar-refractivity contribution in [3.63, 3.8) is 0 Å². The highest BCUT2D eigenvalue weighted by Crippen LogP contribution is 2.37. The van der Waals surface area contributed by atoms with Crippen LogP contribution in [0, 0.1) is 12.8 Å². The van der Waals surface area contributed by atoms with Gasteiger partial charge < -0.3 is 34.6 Å². The van der Waals surface area contributed by atoms with E-state index in [1.54, 1.807) is 23.5 Å². The van der Waals surface area contributed by atoms with Gasteiger partial charge in [-0.1, -0.05) is 50.2 Å². The Hall–Kier alpha value is -5.42. The number of amides is 2. The molecule has 2 aromatic carbocycles. The quantitative estimate of drug-likeness (QED) is 0.129. The normalized spacial score (nSPS) is 21.7. The minimum absolute atomic E-state index is 0.0647. The number of piperazine rings is 1. The molecule has 0 radical (unpaired) electrons. The molecule has 5 aromatic rings. The second-order valence-corrected chi connectivity index (χ2v) is 19.0. The number of aromatic nitrogens is 4. The number of likely N-dealkylation sites (tertiary alicyclic amines) is 2.